The van der Waals surface area contributed by atoms with E-state index in [0.717, 1.165) is 19.4 Å². The van der Waals surface area contributed by atoms with Crippen molar-refractivity contribution in [3.8, 4) is 0 Å². The van der Waals surface area contributed by atoms with Crippen LogP contribution in [0, 0.1) is 0 Å². The molecule has 1 atom stereocenters. The first-order valence-corrected chi connectivity index (χ1v) is 5.08. The van der Waals surface area contributed by atoms with Crippen LogP contribution in [0.1, 0.15) is 26.2 Å². The second-order valence-electron chi connectivity index (χ2n) is 3.89. The van der Waals surface area contributed by atoms with E-state index in [1.54, 1.807) is 0 Å². The van der Waals surface area contributed by atoms with Gasteiger partial charge in [0.15, 0.2) is 0 Å². The number of unbranched alkanes of at least 4 members (excludes halogenated alkanes) is 1. The summed E-state index contributed by atoms with van der Waals surface area (Å²) in [6, 6.07) is -0.746. The normalized spacial score (nSPS) is 12.5. The lowest BCUT2D eigenvalue weighted by molar-refractivity contribution is -0.141. The number of carbonyl (C=O) groups is 2. The SMILES string of the molecule is CC(=O)NC(CCCCN(C)C)C(=O)O. The highest BCUT2D eigenvalue weighted by atomic mass is 16.4. The average Bonchev–Trinajstić information content (AvgIpc) is 2.08. The van der Waals surface area contributed by atoms with Crippen molar-refractivity contribution in [1.82, 2.24) is 10.2 Å². The minimum absolute atomic E-state index is 0.296. The average molecular weight is 216 g/mol. The molecule has 15 heavy (non-hydrogen) atoms. The van der Waals surface area contributed by atoms with Gasteiger partial charge >= 0.3 is 5.97 Å². The van der Waals surface area contributed by atoms with Crippen molar-refractivity contribution in [2.75, 3.05) is 20.6 Å². The number of carboxylic acid groups (broad SMARTS) is 1. The lowest BCUT2D eigenvalue weighted by Crippen LogP contribution is -2.39. The zero-order chi connectivity index (χ0) is 11.8. The Balaban J connectivity index is 3.77. The Labute approximate surface area is 90.5 Å². The lowest BCUT2D eigenvalue weighted by Gasteiger charge is -2.14. The molecule has 0 aromatic carbocycles. The largest absolute Gasteiger partial charge is 0.480 e. The number of aliphatic carboxylic acids is 1. The Morgan fingerprint density at radius 1 is 1.33 bits per heavy atom. The molecule has 0 saturated heterocycles. The first kappa shape index (κ1) is 13.9. The maximum atomic E-state index is 10.7. The maximum absolute atomic E-state index is 10.7. The number of amides is 1. The minimum Gasteiger partial charge on any atom is -0.480 e. The molecule has 1 unspecified atom stereocenters. The van der Waals surface area contributed by atoms with Crippen molar-refractivity contribution < 1.29 is 14.7 Å². The zero-order valence-corrected chi connectivity index (χ0v) is 9.62. The summed E-state index contributed by atoms with van der Waals surface area (Å²) >= 11 is 0. The Morgan fingerprint density at radius 2 is 1.93 bits per heavy atom. The van der Waals surface area contributed by atoms with Crippen LogP contribution in [0.5, 0.6) is 0 Å². The van der Waals surface area contributed by atoms with Gasteiger partial charge in [0.25, 0.3) is 0 Å². The molecule has 0 fully saturated rings. The third kappa shape index (κ3) is 7.93. The van der Waals surface area contributed by atoms with Crippen LogP contribution >= 0.6 is 0 Å². The first-order chi connectivity index (χ1) is 6.93. The number of nitrogens with zero attached hydrogens (tertiary/aromatic N) is 1. The highest BCUT2D eigenvalue weighted by Crippen LogP contribution is 2.02. The molecule has 1 amide bonds. The van der Waals surface area contributed by atoms with Crippen LogP contribution in [0.4, 0.5) is 0 Å². The number of rotatable bonds is 7. The Bertz CT molecular complexity index is 217. The van der Waals surface area contributed by atoms with E-state index in [4.69, 9.17) is 5.11 Å². The minimum atomic E-state index is -0.963. The van der Waals surface area contributed by atoms with E-state index in [1.807, 2.05) is 19.0 Å². The highest BCUT2D eigenvalue weighted by molar-refractivity contribution is 5.81. The van der Waals surface area contributed by atoms with Crippen molar-refractivity contribution in [2.24, 2.45) is 0 Å². The van der Waals surface area contributed by atoms with E-state index in [2.05, 4.69) is 5.32 Å². The third-order valence-electron chi connectivity index (χ3n) is 2.02. The van der Waals surface area contributed by atoms with Crippen molar-refractivity contribution in [3.63, 3.8) is 0 Å². The van der Waals surface area contributed by atoms with Gasteiger partial charge in [0.1, 0.15) is 6.04 Å². The fourth-order valence-electron chi connectivity index (χ4n) is 1.28. The molecule has 0 aromatic rings. The summed E-state index contributed by atoms with van der Waals surface area (Å²) in [6.07, 6.45) is 2.23. The molecule has 88 valence electrons. The number of hydrogen-bond donors (Lipinski definition) is 2. The fourth-order valence-corrected chi connectivity index (χ4v) is 1.28. The van der Waals surface area contributed by atoms with E-state index in [9.17, 15) is 9.59 Å². The van der Waals surface area contributed by atoms with Crippen LogP contribution in [-0.4, -0.2) is 48.6 Å². The van der Waals surface area contributed by atoms with Gasteiger partial charge in [-0.1, -0.05) is 0 Å². The summed E-state index contributed by atoms with van der Waals surface area (Å²) in [6.45, 7) is 2.27. The molecule has 2 N–H and O–H groups in total. The topological polar surface area (TPSA) is 69.6 Å². The molecule has 5 nitrogen and oxygen atoms in total. The van der Waals surface area contributed by atoms with Crippen molar-refractivity contribution in [3.05, 3.63) is 0 Å². The number of hydrogen-bond acceptors (Lipinski definition) is 3. The highest BCUT2D eigenvalue weighted by Gasteiger charge is 2.17. The summed E-state index contributed by atoms with van der Waals surface area (Å²) in [5.41, 5.74) is 0. The maximum Gasteiger partial charge on any atom is 0.326 e. The van der Waals surface area contributed by atoms with Crippen LogP contribution in [0.3, 0.4) is 0 Å². The Morgan fingerprint density at radius 3 is 2.33 bits per heavy atom. The van der Waals surface area contributed by atoms with Crippen molar-refractivity contribution in [1.29, 1.82) is 0 Å². The van der Waals surface area contributed by atoms with E-state index in [1.165, 1.54) is 6.92 Å². The molecule has 0 aliphatic rings. The third-order valence-corrected chi connectivity index (χ3v) is 2.02. The lowest BCUT2D eigenvalue weighted by atomic mass is 10.1. The summed E-state index contributed by atoms with van der Waals surface area (Å²) in [5.74, 6) is -1.26. The smallest absolute Gasteiger partial charge is 0.326 e. The standard InChI is InChI=1S/C10H20N2O3/c1-8(13)11-9(10(14)15)6-4-5-7-12(2)3/h9H,4-7H2,1-3H3,(H,11,13)(H,14,15). The summed E-state index contributed by atoms with van der Waals surface area (Å²) in [5, 5.41) is 11.2. The van der Waals surface area contributed by atoms with E-state index >= 15 is 0 Å². The van der Waals surface area contributed by atoms with Crippen LogP contribution in [0.15, 0.2) is 0 Å². The predicted molar refractivity (Wildman–Crippen MR) is 57.6 cm³/mol. The van der Waals surface area contributed by atoms with Crippen molar-refractivity contribution >= 4 is 11.9 Å². The second-order valence-corrected chi connectivity index (χ2v) is 3.89. The summed E-state index contributed by atoms with van der Waals surface area (Å²) in [4.78, 5) is 23.5. The monoisotopic (exact) mass is 216 g/mol. The molecular formula is C10H20N2O3. The van der Waals surface area contributed by atoms with Gasteiger partial charge in [0, 0.05) is 6.92 Å². The van der Waals surface area contributed by atoms with E-state index < -0.39 is 12.0 Å². The van der Waals surface area contributed by atoms with Gasteiger partial charge < -0.3 is 15.3 Å². The van der Waals surface area contributed by atoms with Gasteiger partial charge in [-0.3, -0.25) is 4.79 Å². The van der Waals surface area contributed by atoms with E-state index in [-0.39, 0.29) is 5.91 Å². The fraction of sp³-hybridized carbons (Fsp3) is 0.800. The van der Waals surface area contributed by atoms with Crippen molar-refractivity contribution in [2.45, 2.75) is 32.2 Å². The molecular weight excluding hydrogens is 196 g/mol. The molecule has 0 bridgehead atoms. The summed E-state index contributed by atoms with van der Waals surface area (Å²) in [7, 11) is 3.95. The number of carboxylic acids is 1. The van der Waals surface area contributed by atoms with Gasteiger partial charge in [0.05, 0.1) is 0 Å². The molecule has 0 spiro atoms. The van der Waals surface area contributed by atoms with E-state index in [0.29, 0.717) is 6.42 Å². The molecule has 0 aromatic heterocycles. The van der Waals surface area contributed by atoms with Crippen LogP contribution < -0.4 is 5.32 Å². The first-order valence-electron chi connectivity index (χ1n) is 5.08. The predicted octanol–water partition coefficient (Wildman–Crippen LogP) is 0.308. The molecule has 0 aliphatic heterocycles. The van der Waals surface area contributed by atoms with Crippen LogP contribution in [0.25, 0.3) is 0 Å². The number of nitrogens with one attached hydrogen (secondary N) is 1. The van der Waals surface area contributed by atoms with Gasteiger partial charge in [-0.2, -0.15) is 0 Å². The molecule has 5 heteroatoms. The van der Waals surface area contributed by atoms with Gasteiger partial charge in [0.2, 0.25) is 5.91 Å². The Hall–Kier alpha value is -1.10. The van der Waals surface area contributed by atoms with Crippen LogP contribution in [0.2, 0.25) is 0 Å². The summed E-state index contributed by atoms with van der Waals surface area (Å²) < 4.78 is 0. The molecule has 0 rings (SSSR count). The quantitative estimate of drug-likeness (QED) is 0.601. The van der Waals surface area contributed by atoms with Gasteiger partial charge in [-0.05, 0) is 39.9 Å². The van der Waals surface area contributed by atoms with Gasteiger partial charge in [-0.25, -0.2) is 4.79 Å². The molecule has 0 radical (unpaired) electrons. The van der Waals surface area contributed by atoms with Crippen LogP contribution in [-0.2, 0) is 9.59 Å². The zero-order valence-electron chi connectivity index (χ0n) is 9.62. The molecule has 0 aliphatic carbocycles. The molecule has 0 saturated carbocycles. The Kier molecular flexibility index (Phi) is 6.70. The second kappa shape index (κ2) is 7.23. The number of carbonyl (C=O) groups excluding carboxylic acids is 1. The van der Waals surface area contributed by atoms with Gasteiger partial charge in [-0.15, -0.1) is 0 Å². The molecule has 0 heterocycles.